The number of carbonyl (C=O) groups excluding carboxylic acids is 3. The van der Waals surface area contributed by atoms with Crippen LogP contribution in [0, 0.1) is 7.14 Å². The zero-order chi connectivity index (χ0) is 44.3. The summed E-state index contributed by atoms with van der Waals surface area (Å²) in [5.41, 5.74) is 3.86. The number of phenols is 2. The van der Waals surface area contributed by atoms with Gasteiger partial charge in [0.05, 0.1) is 39.6 Å². The number of methoxy groups -OCH3 is 4. The van der Waals surface area contributed by atoms with Crippen LogP contribution in [0.3, 0.4) is 0 Å². The first-order chi connectivity index (χ1) is 29.4. The van der Waals surface area contributed by atoms with Crippen LogP contribution in [0.4, 0.5) is 0 Å². The zero-order valence-corrected chi connectivity index (χ0v) is 38.3. The van der Waals surface area contributed by atoms with Gasteiger partial charge < -0.3 is 38.6 Å². The van der Waals surface area contributed by atoms with E-state index in [1.165, 1.54) is 27.2 Å². The van der Waals surface area contributed by atoms with Crippen LogP contribution in [0.2, 0.25) is 0 Å². The Hall–Kier alpha value is -6.07. The third-order valence-electron chi connectivity index (χ3n) is 8.55. The van der Waals surface area contributed by atoms with Gasteiger partial charge in [-0.25, -0.2) is 0 Å². The Morgan fingerprint density at radius 3 is 1.31 bits per heavy atom. The van der Waals surface area contributed by atoms with Crippen LogP contribution < -0.4 is 28.4 Å². The van der Waals surface area contributed by atoms with E-state index in [4.69, 9.17) is 28.4 Å². The third-order valence-corrected chi connectivity index (χ3v) is 9.89. The molecule has 11 nitrogen and oxygen atoms in total. The van der Waals surface area contributed by atoms with Crippen molar-refractivity contribution in [2.45, 2.75) is 20.1 Å². The quantitative estimate of drug-likeness (QED) is 0.0438. The second-order valence-electron chi connectivity index (χ2n) is 12.8. The number of aromatic hydroxyl groups is 2. The van der Waals surface area contributed by atoms with Gasteiger partial charge in [-0.3, -0.25) is 14.4 Å². The average Bonchev–Trinajstić information content (AvgIpc) is 3.27. The standard InChI is InChI=1S/C24H21IO5.C16H16O4.C8H7IO2/c1-28-22-12-17(8-11-20(26)19-10-9-18(25)14-21(19)27)13-23(29-2)24(22)30-15-16-6-4-3-5-7-16;1-18-14-8-13(10-17)9-15(19-2)16(14)20-11-12-6-4-3-5-7-12;1-5(10)7-3-2-6(9)4-8(7)11/h3-14,27H,15H2,1-2H3;3-10H,11H2,1-2H3;2-4,11H,1H3/b11-8+;;. The number of carbonyl (C=O) groups is 3. The van der Waals surface area contributed by atoms with E-state index in [9.17, 15) is 24.6 Å². The lowest BCUT2D eigenvalue weighted by Crippen LogP contribution is -2.01. The van der Waals surface area contributed by atoms with Crippen LogP contribution in [-0.4, -0.2) is 56.5 Å². The molecular weight excluding hydrogens is 1010 g/mol. The maximum Gasteiger partial charge on any atom is 0.203 e. The molecule has 0 saturated carbocycles. The first-order valence-electron chi connectivity index (χ1n) is 18.4. The Labute approximate surface area is 382 Å². The molecule has 0 aliphatic rings. The number of halogens is 2. The molecule has 0 fully saturated rings. The Morgan fingerprint density at radius 2 is 0.951 bits per heavy atom. The largest absolute Gasteiger partial charge is 0.507 e. The molecule has 6 aromatic carbocycles. The summed E-state index contributed by atoms with van der Waals surface area (Å²) in [4.78, 5) is 34.1. The van der Waals surface area contributed by atoms with Gasteiger partial charge in [0.15, 0.2) is 34.6 Å². The molecule has 0 radical (unpaired) electrons. The molecule has 0 amide bonds. The minimum atomic E-state index is -0.300. The normalized spacial score (nSPS) is 10.3. The van der Waals surface area contributed by atoms with Gasteiger partial charge in [0, 0.05) is 12.7 Å². The van der Waals surface area contributed by atoms with Crippen molar-refractivity contribution in [2.24, 2.45) is 0 Å². The van der Waals surface area contributed by atoms with E-state index in [1.54, 1.807) is 81.0 Å². The number of ether oxygens (including phenoxy) is 6. The van der Waals surface area contributed by atoms with Crippen LogP contribution in [0.25, 0.3) is 6.08 Å². The number of Topliss-reactive ketones (excluding diaryl/α,β-unsaturated/α-hetero) is 1. The molecule has 0 aromatic heterocycles. The summed E-state index contributed by atoms with van der Waals surface area (Å²) >= 11 is 4.15. The summed E-state index contributed by atoms with van der Waals surface area (Å²) in [6.07, 6.45) is 3.79. The molecule has 0 heterocycles. The highest BCUT2D eigenvalue weighted by molar-refractivity contribution is 14.1. The summed E-state index contributed by atoms with van der Waals surface area (Å²) < 4.78 is 34.9. The molecule has 6 aromatic rings. The number of ketones is 2. The Balaban J connectivity index is 0.000000226. The van der Waals surface area contributed by atoms with Crippen LogP contribution in [0.15, 0.2) is 127 Å². The van der Waals surface area contributed by atoms with Gasteiger partial charge in [0.2, 0.25) is 11.5 Å². The number of aldehydes is 1. The predicted octanol–water partition coefficient (Wildman–Crippen LogP) is 10.8. The fourth-order valence-electron chi connectivity index (χ4n) is 5.49. The smallest absolute Gasteiger partial charge is 0.203 e. The first kappa shape index (κ1) is 47.6. The summed E-state index contributed by atoms with van der Waals surface area (Å²) in [5.74, 6) is 2.52. The lowest BCUT2D eigenvalue weighted by Gasteiger charge is -2.15. The van der Waals surface area contributed by atoms with Crippen molar-refractivity contribution in [1.29, 1.82) is 0 Å². The van der Waals surface area contributed by atoms with Crippen molar-refractivity contribution in [3.8, 4) is 46.0 Å². The number of hydrogen-bond donors (Lipinski definition) is 2. The lowest BCUT2D eigenvalue weighted by molar-refractivity contribution is 0.101. The Kier molecular flexibility index (Phi) is 18.9. The molecule has 0 aliphatic carbocycles. The maximum atomic E-state index is 12.4. The highest BCUT2D eigenvalue weighted by Gasteiger charge is 2.16. The number of rotatable bonds is 15. The molecule has 0 atom stereocenters. The van der Waals surface area contributed by atoms with Crippen molar-refractivity contribution in [3.63, 3.8) is 0 Å². The molecule has 0 aliphatic heterocycles. The lowest BCUT2D eigenvalue weighted by atomic mass is 10.1. The van der Waals surface area contributed by atoms with Gasteiger partial charge in [-0.2, -0.15) is 0 Å². The molecular formula is C48H44I2O11. The summed E-state index contributed by atoms with van der Waals surface area (Å²) in [6.45, 7) is 2.20. The van der Waals surface area contributed by atoms with E-state index in [0.29, 0.717) is 64.4 Å². The van der Waals surface area contributed by atoms with Crippen LogP contribution in [-0.2, 0) is 13.2 Å². The number of benzene rings is 6. The van der Waals surface area contributed by atoms with Gasteiger partial charge >= 0.3 is 0 Å². The predicted molar refractivity (Wildman–Crippen MR) is 251 cm³/mol. The van der Waals surface area contributed by atoms with Crippen molar-refractivity contribution >= 4 is 69.1 Å². The van der Waals surface area contributed by atoms with Crippen LogP contribution in [0.5, 0.6) is 46.0 Å². The van der Waals surface area contributed by atoms with E-state index >= 15 is 0 Å². The molecule has 0 bridgehead atoms. The van der Waals surface area contributed by atoms with Crippen molar-refractivity contribution in [3.05, 3.63) is 168 Å². The number of phenolic OH excluding ortho intramolecular Hbond substituents is 2. The van der Waals surface area contributed by atoms with E-state index in [2.05, 4.69) is 45.2 Å². The van der Waals surface area contributed by atoms with Crippen molar-refractivity contribution in [2.75, 3.05) is 28.4 Å². The van der Waals surface area contributed by atoms with E-state index < -0.39 is 0 Å². The molecule has 0 unspecified atom stereocenters. The van der Waals surface area contributed by atoms with Gasteiger partial charge in [-0.1, -0.05) is 66.7 Å². The number of hydrogen-bond acceptors (Lipinski definition) is 11. The first-order valence-corrected chi connectivity index (χ1v) is 20.6. The molecule has 2 N–H and O–H groups in total. The second kappa shape index (κ2) is 24.3. The van der Waals surface area contributed by atoms with Gasteiger partial charge in [-0.05, 0) is 136 Å². The van der Waals surface area contributed by atoms with E-state index in [1.807, 2.05) is 60.7 Å². The van der Waals surface area contributed by atoms with Gasteiger partial charge in [0.25, 0.3) is 0 Å². The van der Waals surface area contributed by atoms with Crippen LogP contribution in [0.1, 0.15) is 54.7 Å². The molecule has 61 heavy (non-hydrogen) atoms. The molecule has 0 spiro atoms. The second-order valence-corrected chi connectivity index (χ2v) is 15.2. The summed E-state index contributed by atoms with van der Waals surface area (Å²) in [5, 5.41) is 19.2. The zero-order valence-electron chi connectivity index (χ0n) is 34.0. The van der Waals surface area contributed by atoms with Crippen molar-refractivity contribution in [1.82, 2.24) is 0 Å². The van der Waals surface area contributed by atoms with Crippen LogP contribution >= 0.6 is 45.2 Å². The topological polar surface area (TPSA) is 147 Å². The molecule has 13 heteroatoms. The van der Waals surface area contributed by atoms with Gasteiger partial charge in [-0.15, -0.1) is 0 Å². The Morgan fingerprint density at radius 1 is 0.557 bits per heavy atom. The summed E-state index contributed by atoms with van der Waals surface area (Å²) in [6, 6.07) is 36.2. The van der Waals surface area contributed by atoms with Crippen molar-refractivity contribution < 1.29 is 53.0 Å². The van der Waals surface area contributed by atoms with E-state index in [0.717, 1.165) is 24.6 Å². The highest BCUT2D eigenvalue weighted by atomic mass is 127. The average molecular weight is 1050 g/mol. The van der Waals surface area contributed by atoms with Gasteiger partial charge in [0.1, 0.15) is 31.0 Å². The fraction of sp³-hybridized carbons (Fsp3) is 0.146. The minimum absolute atomic E-state index is 0.0450. The molecule has 0 saturated heterocycles. The summed E-state index contributed by atoms with van der Waals surface area (Å²) in [7, 11) is 6.15. The minimum Gasteiger partial charge on any atom is -0.507 e. The number of allylic oxidation sites excluding steroid dienone is 1. The Bertz CT molecular complexity index is 2380. The molecule has 316 valence electrons. The monoisotopic (exact) mass is 1050 g/mol. The highest BCUT2D eigenvalue weighted by Crippen LogP contribution is 2.40. The third kappa shape index (κ3) is 14.3. The molecule has 6 rings (SSSR count). The maximum absolute atomic E-state index is 12.4. The van der Waals surface area contributed by atoms with E-state index in [-0.39, 0.29) is 28.6 Å². The fourth-order valence-corrected chi connectivity index (χ4v) is 6.44. The SMILES string of the molecule is CC(=O)c1ccc(I)cc1O.COc1cc(/C=C/C(=O)c2ccc(I)cc2O)cc(OC)c1OCc1ccccc1.COc1cc(C=O)cc(OC)c1OCc1ccccc1.